The summed E-state index contributed by atoms with van der Waals surface area (Å²) in [6.07, 6.45) is -5.08. The van der Waals surface area contributed by atoms with Gasteiger partial charge in [0, 0.05) is 30.4 Å². The molecule has 1 unspecified atom stereocenters. The number of imidazole rings is 1. The number of alkyl halides is 3. The number of para-hydroxylation sites is 2. The minimum atomic E-state index is -5.08. The lowest BCUT2D eigenvalue weighted by Crippen LogP contribution is -2.21. The summed E-state index contributed by atoms with van der Waals surface area (Å²) >= 11 is 1.56. The fourth-order valence-corrected chi connectivity index (χ4v) is 3.75. The van der Waals surface area contributed by atoms with E-state index in [-0.39, 0.29) is 11.2 Å². The molecule has 1 aliphatic heterocycles. The van der Waals surface area contributed by atoms with E-state index in [0.29, 0.717) is 12.4 Å². The molecule has 4 N–H and O–H groups in total. The molecule has 34 heavy (non-hydrogen) atoms. The molecule has 1 atom stereocenters. The Morgan fingerprint density at radius 2 is 2.00 bits per heavy atom. The maximum atomic E-state index is 12.3. The number of hydrogen-bond acceptors (Lipinski definition) is 6. The number of nitrogens with zero attached hydrogens (tertiary/aromatic N) is 1. The number of ether oxygens (including phenoxy) is 1. The average Bonchev–Trinajstić information content (AvgIpc) is 3.09. The quantitative estimate of drug-likeness (QED) is 0.420. The van der Waals surface area contributed by atoms with Gasteiger partial charge in [0.25, 0.3) is 0 Å². The lowest BCUT2D eigenvalue weighted by molar-refractivity contribution is -0.192. The Kier molecular flexibility index (Phi) is 8.40. The molecule has 0 radical (unpaired) electrons. The molecule has 2 aromatic carbocycles. The minimum absolute atomic E-state index is 0.0327. The second-order valence-corrected chi connectivity index (χ2v) is 8.62. The van der Waals surface area contributed by atoms with Gasteiger partial charge in [0.2, 0.25) is 5.91 Å². The van der Waals surface area contributed by atoms with Crippen molar-refractivity contribution >= 4 is 40.4 Å². The van der Waals surface area contributed by atoms with Gasteiger partial charge in [-0.1, -0.05) is 18.2 Å². The SMILES string of the molecule is CC(SCC(=O)Nc1ccc2c(c1)OCCNC2)c1nc2ccccc2[nH]1.O=C(O)C(F)(F)F. The Bertz CT molecular complexity index is 1120. The van der Waals surface area contributed by atoms with Crippen LogP contribution < -0.4 is 15.4 Å². The van der Waals surface area contributed by atoms with Crippen molar-refractivity contribution in [2.24, 2.45) is 0 Å². The first kappa shape index (κ1) is 25.4. The van der Waals surface area contributed by atoms with Gasteiger partial charge in [0.15, 0.2) is 0 Å². The molecule has 12 heteroatoms. The van der Waals surface area contributed by atoms with Crippen molar-refractivity contribution in [3.63, 3.8) is 0 Å². The van der Waals surface area contributed by atoms with E-state index in [9.17, 15) is 18.0 Å². The molecule has 1 aromatic heterocycles. The van der Waals surface area contributed by atoms with Gasteiger partial charge in [-0.15, -0.1) is 11.8 Å². The predicted octanol–water partition coefficient (Wildman–Crippen LogP) is 4.11. The Morgan fingerprint density at radius 3 is 2.71 bits per heavy atom. The molecule has 8 nitrogen and oxygen atoms in total. The number of nitrogens with one attached hydrogen (secondary N) is 3. The number of carboxylic acid groups (broad SMARTS) is 1. The van der Waals surface area contributed by atoms with E-state index in [1.54, 1.807) is 11.8 Å². The third-order valence-electron chi connectivity index (χ3n) is 4.70. The normalized spacial score (nSPS) is 14.1. The van der Waals surface area contributed by atoms with Crippen molar-refractivity contribution in [3.8, 4) is 5.75 Å². The van der Waals surface area contributed by atoms with E-state index in [2.05, 4.69) is 27.5 Å². The van der Waals surface area contributed by atoms with Gasteiger partial charge in [-0.3, -0.25) is 4.79 Å². The molecule has 0 saturated heterocycles. The number of hydrogen-bond donors (Lipinski definition) is 4. The van der Waals surface area contributed by atoms with Crippen molar-refractivity contribution in [2.75, 3.05) is 24.2 Å². The van der Waals surface area contributed by atoms with Crippen LogP contribution in [0.25, 0.3) is 11.0 Å². The van der Waals surface area contributed by atoms with Crippen molar-refractivity contribution in [3.05, 3.63) is 53.9 Å². The van der Waals surface area contributed by atoms with Gasteiger partial charge in [-0.25, -0.2) is 9.78 Å². The lowest BCUT2D eigenvalue weighted by Gasteiger charge is -2.11. The summed E-state index contributed by atoms with van der Waals surface area (Å²) in [6.45, 7) is 4.30. The van der Waals surface area contributed by atoms with E-state index in [4.69, 9.17) is 14.6 Å². The molecule has 0 fully saturated rings. The molecule has 0 aliphatic carbocycles. The number of aromatic amines is 1. The maximum absolute atomic E-state index is 12.3. The number of carbonyl (C=O) groups is 2. The highest BCUT2D eigenvalue weighted by atomic mass is 32.2. The summed E-state index contributed by atoms with van der Waals surface area (Å²) in [4.78, 5) is 29.2. The van der Waals surface area contributed by atoms with E-state index < -0.39 is 12.1 Å². The molecule has 3 aromatic rings. The molecular weight excluding hydrogens is 473 g/mol. The molecule has 1 amide bonds. The zero-order valence-corrected chi connectivity index (χ0v) is 18.9. The number of carbonyl (C=O) groups excluding carboxylic acids is 1. The molecular formula is C22H23F3N4O4S. The maximum Gasteiger partial charge on any atom is 0.490 e. The molecule has 2 heterocycles. The van der Waals surface area contributed by atoms with Crippen LogP contribution in [0.4, 0.5) is 18.9 Å². The number of amides is 1. The van der Waals surface area contributed by atoms with Gasteiger partial charge in [0.1, 0.15) is 18.2 Å². The summed E-state index contributed by atoms with van der Waals surface area (Å²) in [5.74, 6) is -0.708. The monoisotopic (exact) mass is 496 g/mol. The van der Waals surface area contributed by atoms with E-state index >= 15 is 0 Å². The van der Waals surface area contributed by atoms with E-state index in [0.717, 1.165) is 46.9 Å². The number of thioether (sulfide) groups is 1. The number of rotatable bonds is 5. The zero-order valence-electron chi connectivity index (χ0n) is 18.1. The second-order valence-electron chi connectivity index (χ2n) is 7.29. The van der Waals surface area contributed by atoms with E-state index in [1.165, 1.54) is 0 Å². The molecule has 1 aliphatic rings. The number of benzene rings is 2. The third kappa shape index (κ3) is 7.12. The number of H-pyrrole nitrogens is 1. The van der Waals surface area contributed by atoms with Gasteiger partial charge in [0.05, 0.1) is 22.0 Å². The first-order chi connectivity index (χ1) is 16.1. The summed E-state index contributed by atoms with van der Waals surface area (Å²) in [7, 11) is 0. The lowest BCUT2D eigenvalue weighted by atomic mass is 10.2. The number of anilines is 1. The molecule has 0 bridgehead atoms. The highest BCUT2D eigenvalue weighted by Crippen LogP contribution is 2.28. The average molecular weight is 497 g/mol. The van der Waals surface area contributed by atoms with Crippen LogP contribution in [0, 0.1) is 0 Å². The molecule has 0 spiro atoms. The number of fused-ring (bicyclic) bond motifs is 2. The summed E-state index contributed by atoms with van der Waals surface area (Å²) in [5, 5.41) is 13.5. The molecule has 182 valence electrons. The predicted molar refractivity (Wildman–Crippen MR) is 123 cm³/mol. The fraction of sp³-hybridized carbons (Fsp3) is 0.318. The van der Waals surface area contributed by atoms with Crippen LogP contribution >= 0.6 is 11.8 Å². The van der Waals surface area contributed by atoms with E-state index in [1.807, 2.05) is 42.5 Å². The summed E-state index contributed by atoms with van der Waals surface area (Å²) in [5.41, 5.74) is 3.84. The standard InChI is InChI=1S/C20H22N4O2S.C2HF3O2/c1-13(20-23-16-4-2-3-5-17(16)24-20)27-12-19(25)22-15-7-6-14-11-21-8-9-26-18(14)10-15;3-2(4,5)1(6)7/h2-7,10,13,21H,8-9,11-12H2,1H3,(H,22,25)(H,23,24);(H,6,7). The second kappa shape index (κ2) is 11.3. The first-order valence-electron chi connectivity index (χ1n) is 10.3. The highest BCUT2D eigenvalue weighted by molar-refractivity contribution is 8.00. The van der Waals surface area contributed by atoms with Crippen molar-refractivity contribution in [1.82, 2.24) is 15.3 Å². The number of aromatic nitrogens is 2. The van der Waals surface area contributed by atoms with Crippen LogP contribution in [-0.2, 0) is 16.1 Å². The van der Waals surface area contributed by atoms with Crippen molar-refractivity contribution in [2.45, 2.75) is 24.9 Å². The zero-order chi connectivity index (χ0) is 24.7. The molecule has 4 rings (SSSR count). The van der Waals surface area contributed by atoms with Crippen LogP contribution in [-0.4, -0.2) is 52.0 Å². The van der Waals surface area contributed by atoms with Gasteiger partial charge in [-0.2, -0.15) is 13.2 Å². The van der Waals surface area contributed by atoms with Gasteiger partial charge < -0.3 is 25.5 Å². The Labute approximate surface area is 197 Å². The number of aliphatic carboxylic acids is 1. The summed E-state index contributed by atoms with van der Waals surface area (Å²) in [6, 6.07) is 13.7. The molecule has 0 saturated carbocycles. The van der Waals surface area contributed by atoms with Crippen LogP contribution in [0.3, 0.4) is 0 Å². The summed E-state index contributed by atoms with van der Waals surface area (Å²) < 4.78 is 37.5. The van der Waals surface area contributed by atoms with Gasteiger partial charge in [-0.05, 0) is 25.1 Å². The van der Waals surface area contributed by atoms with Gasteiger partial charge >= 0.3 is 12.1 Å². The fourth-order valence-electron chi connectivity index (χ4n) is 3.01. The van der Waals surface area contributed by atoms with Crippen molar-refractivity contribution < 1.29 is 32.6 Å². The Hall–Kier alpha value is -3.25. The van der Waals surface area contributed by atoms with Crippen molar-refractivity contribution in [1.29, 1.82) is 0 Å². The van der Waals surface area contributed by atoms with Crippen LogP contribution in [0.2, 0.25) is 0 Å². The Balaban J connectivity index is 0.000000406. The third-order valence-corrected chi connectivity index (χ3v) is 5.85. The smallest absolute Gasteiger partial charge is 0.490 e. The van der Waals surface area contributed by atoms with Crippen LogP contribution in [0.15, 0.2) is 42.5 Å². The first-order valence-corrected chi connectivity index (χ1v) is 11.3. The topological polar surface area (TPSA) is 116 Å². The largest absolute Gasteiger partial charge is 0.492 e. The highest BCUT2D eigenvalue weighted by Gasteiger charge is 2.38. The number of carboxylic acids is 1. The Morgan fingerprint density at radius 1 is 1.26 bits per heavy atom. The van der Waals surface area contributed by atoms with Crippen LogP contribution in [0.1, 0.15) is 23.6 Å². The minimum Gasteiger partial charge on any atom is -0.492 e. The number of halogens is 3. The van der Waals surface area contributed by atoms with Crippen LogP contribution in [0.5, 0.6) is 5.75 Å².